The zero-order valence-corrected chi connectivity index (χ0v) is 17.4. The van der Waals surface area contributed by atoms with Crippen molar-refractivity contribution in [2.75, 3.05) is 7.05 Å². The van der Waals surface area contributed by atoms with Crippen LogP contribution in [0.5, 0.6) is 5.75 Å². The predicted octanol–water partition coefficient (Wildman–Crippen LogP) is 5.15. The Kier molecular flexibility index (Phi) is 6.30. The molecule has 0 fully saturated rings. The molecule has 0 saturated heterocycles. The lowest BCUT2D eigenvalue weighted by Crippen LogP contribution is -2.27. The molecule has 31 heavy (non-hydrogen) atoms. The number of carbonyl (C=O) groups excluding carboxylic acids is 1. The van der Waals surface area contributed by atoms with Crippen molar-refractivity contribution in [3.05, 3.63) is 71.5 Å². The summed E-state index contributed by atoms with van der Waals surface area (Å²) in [6, 6.07) is 16.3. The minimum Gasteiger partial charge on any atom is -0.435 e. The number of amides is 1. The van der Waals surface area contributed by atoms with Gasteiger partial charge in [-0.3, -0.25) is 4.79 Å². The number of benzene rings is 2. The molecule has 1 amide bonds. The molecule has 4 rings (SSSR count). The summed E-state index contributed by atoms with van der Waals surface area (Å²) in [6.07, 6.45) is 4.07. The molecular formula is C24H25F2N3O2. The number of ether oxygens (including phenoxy) is 1. The SMILES string of the molecule is CN(Cc1ccc(OC(F)F)cc1)C(=O)c1nc(-c2ccccc2)n2c1CCCCC2. The molecule has 0 aliphatic carbocycles. The van der Waals surface area contributed by atoms with E-state index in [1.165, 1.54) is 12.1 Å². The first-order valence-corrected chi connectivity index (χ1v) is 10.5. The Bertz CT molecular complexity index is 1030. The van der Waals surface area contributed by atoms with Crippen LogP contribution in [-0.2, 0) is 19.5 Å². The van der Waals surface area contributed by atoms with Crippen LogP contribution in [0.1, 0.15) is 41.0 Å². The summed E-state index contributed by atoms with van der Waals surface area (Å²) in [4.78, 5) is 19.7. The number of imidazole rings is 1. The highest BCUT2D eigenvalue weighted by Crippen LogP contribution is 2.28. The average molecular weight is 425 g/mol. The van der Waals surface area contributed by atoms with E-state index < -0.39 is 6.61 Å². The minimum absolute atomic E-state index is 0.0969. The summed E-state index contributed by atoms with van der Waals surface area (Å²) in [7, 11) is 1.73. The van der Waals surface area contributed by atoms with Crippen LogP contribution in [0.3, 0.4) is 0 Å². The molecule has 2 heterocycles. The molecule has 0 unspecified atom stereocenters. The summed E-state index contributed by atoms with van der Waals surface area (Å²) in [5.74, 6) is 0.795. The Morgan fingerprint density at radius 2 is 1.84 bits per heavy atom. The van der Waals surface area contributed by atoms with Gasteiger partial charge in [0.15, 0.2) is 0 Å². The van der Waals surface area contributed by atoms with E-state index in [-0.39, 0.29) is 11.7 Å². The second-order valence-electron chi connectivity index (χ2n) is 7.74. The van der Waals surface area contributed by atoms with Crippen molar-refractivity contribution in [3.8, 4) is 17.1 Å². The maximum atomic E-state index is 13.3. The predicted molar refractivity (Wildman–Crippen MR) is 114 cm³/mol. The molecule has 1 aromatic heterocycles. The van der Waals surface area contributed by atoms with Gasteiger partial charge in [-0.05, 0) is 37.0 Å². The number of rotatable bonds is 6. The highest BCUT2D eigenvalue weighted by atomic mass is 19.3. The Labute approximate surface area is 180 Å². The standard InChI is InChI=1S/C24H25F2N3O2/c1-28(16-17-11-13-19(14-12-17)31-24(25)26)23(30)21-20-10-6-3-7-15-29(20)22(27-21)18-8-4-2-5-9-18/h2,4-5,8-9,11-14,24H,3,6-7,10,15-16H2,1H3. The van der Waals surface area contributed by atoms with Crippen LogP contribution < -0.4 is 4.74 Å². The van der Waals surface area contributed by atoms with Gasteiger partial charge < -0.3 is 14.2 Å². The molecule has 0 radical (unpaired) electrons. The number of hydrogen-bond acceptors (Lipinski definition) is 3. The zero-order chi connectivity index (χ0) is 21.8. The van der Waals surface area contributed by atoms with Crippen LogP contribution in [0.4, 0.5) is 8.78 Å². The third-order valence-electron chi connectivity index (χ3n) is 5.52. The highest BCUT2D eigenvalue weighted by Gasteiger charge is 2.26. The van der Waals surface area contributed by atoms with E-state index in [2.05, 4.69) is 9.30 Å². The molecule has 0 N–H and O–H groups in total. The number of nitrogens with zero attached hydrogens (tertiary/aromatic N) is 3. The molecule has 162 valence electrons. The van der Waals surface area contributed by atoms with E-state index in [1.807, 2.05) is 30.3 Å². The van der Waals surface area contributed by atoms with Crippen molar-refractivity contribution in [1.29, 1.82) is 0 Å². The van der Waals surface area contributed by atoms with E-state index in [0.29, 0.717) is 12.2 Å². The molecule has 5 nitrogen and oxygen atoms in total. The first-order valence-electron chi connectivity index (χ1n) is 10.5. The molecule has 0 bridgehead atoms. The van der Waals surface area contributed by atoms with Crippen LogP contribution in [0.2, 0.25) is 0 Å². The second kappa shape index (κ2) is 9.29. The van der Waals surface area contributed by atoms with Crippen molar-refractivity contribution in [2.24, 2.45) is 0 Å². The first-order chi connectivity index (χ1) is 15.0. The number of fused-ring (bicyclic) bond motifs is 1. The second-order valence-corrected chi connectivity index (χ2v) is 7.74. The lowest BCUT2D eigenvalue weighted by molar-refractivity contribution is -0.0498. The van der Waals surface area contributed by atoms with Crippen molar-refractivity contribution in [1.82, 2.24) is 14.5 Å². The molecule has 3 aromatic rings. The van der Waals surface area contributed by atoms with Crippen LogP contribution in [0.25, 0.3) is 11.4 Å². The van der Waals surface area contributed by atoms with Crippen LogP contribution in [-0.4, -0.2) is 34.0 Å². The Balaban J connectivity index is 1.58. The number of carbonyl (C=O) groups is 1. The van der Waals surface area contributed by atoms with E-state index in [4.69, 9.17) is 4.98 Å². The number of halogens is 2. The van der Waals surface area contributed by atoms with Gasteiger partial charge in [-0.25, -0.2) is 4.98 Å². The van der Waals surface area contributed by atoms with Gasteiger partial charge in [0.2, 0.25) is 0 Å². The average Bonchev–Trinajstić information content (AvgIpc) is 2.95. The molecule has 0 atom stereocenters. The molecule has 0 spiro atoms. The lowest BCUT2D eigenvalue weighted by Gasteiger charge is -2.17. The van der Waals surface area contributed by atoms with Gasteiger partial charge in [-0.2, -0.15) is 8.78 Å². The third-order valence-corrected chi connectivity index (χ3v) is 5.52. The fourth-order valence-corrected chi connectivity index (χ4v) is 4.00. The summed E-state index contributed by atoms with van der Waals surface area (Å²) in [6.45, 7) is -1.65. The van der Waals surface area contributed by atoms with Gasteiger partial charge in [0.1, 0.15) is 17.3 Å². The van der Waals surface area contributed by atoms with Crippen molar-refractivity contribution in [2.45, 2.75) is 45.4 Å². The van der Waals surface area contributed by atoms with E-state index in [1.54, 1.807) is 24.1 Å². The monoisotopic (exact) mass is 425 g/mol. The summed E-state index contributed by atoms with van der Waals surface area (Å²) in [5.41, 5.74) is 3.32. The lowest BCUT2D eigenvalue weighted by atomic mass is 10.1. The molecule has 1 aliphatic rings. The first kappa shape index (κ1) is 21.0. The Hall–Kier alpha value is -3.22. The summed E-state index contributed by atoms with van der Waals surface area (Å²) >= 11 is 0. The quantitative estimate of drug-likeness (QED) is 0.549. The van der Waals surface area contributed by atoms with Crippen molar-refractivity contribution < 1.29 is 18.3 Å². The molecule has 1 aliphatic heterocycles. The van der Waals surface area contributed by atoms with Crippen LogP contribution in [0.15, 0.2) is 54.6 Å². The topological polar surface area (TPSA) is 47.4 Å². The maximum Gasteiger partial charge on any atom is 0.387 e. The van der Waals surface area contributed by atoms with E-state index >= 15 is 0 Å². The van der Waals surface area contributed by atoms with Gasteiger partial charge in [0.25, 0.3) is 5.91 Å². The number of alkyl halides is 2. The highest BCUT2D eigenvalue weighted by molar-refractivity contribution is 5.94. The minimum atomic E-state index is -2.86. The van der Waals surface area contributed by atoms with Gasteiger partial charge >= 0.3 is 6.61 Å². The maximum absolute atomic E-state index is 13.3. The largest absolute Gasteiger partial charge is 0.435 e. The molecular weight excluding hydrogens is 400 g/mol. The van der Waals surface area contributed by atoms with Crippen LogP contribution in [0, 0.1) is 0 Å². The molecule has 2 aromatic carbocycles. The van der Waals surface area contributed by atoms with Crippen molar-refractivity contribution >= 4 is 5.91 Å². The Morgan fingerprint density at radius 1 is 1.10 bits per heavy atom. The summed E-state index contributed by atoms with van der Waals surface area (Å²) in [5, 5.41) is 0. The van der Waals surface area contributed by atoms with Gasteiger partial charge in [-0.1, -0.05) is 48.9 Å². The third kappa shape index (κ3) is 4.76. The number of aromatic nitrogens is 2. The molecule has 0 saturated carbocycles. The smallest absolute Gasteiger partial charge is 0.387 e. The normalized spacial score (nSPS) is 13.5. The van der Waals surface area contributed by atoms with Gasteiger partial charge in [0, 0.05) is 25.7 Å². The fourth-order valence-electron chi connectivity index (χ4n) is 4.00. The van der Waals surface area contributed by atoms with Gasteiger partial charge in [0.05, 0.1) is 5.69 Å². The van der Waals surface area contributed by atoms with E-state index in [9.17, 15) is 13.6 Å². The Morgan fingerprint density at radius 3 is 2.55 bits per heavy atom. The summed E-state index contributed by atoms with van der Waals surface area (Å²) < 4.78 is 31.2. The molecule has 7 heteroatoms. The van der Waals surface area contributed by atoms with Gasteiger partial charge in [-0.15, -0.1) is 0 Å². The van der Waals surface area contributed by atoms with E-state index in [0.717, 1.165) is 54.9 Å². The van der Waals surface area contributed by atoms with Crippen LogP contribution >= 0.6 is 0 Å². The number of hydrogen-bond donors (Lipinski definition) is 0. The fraction of sp³-hybridized carbons (Fsp3) is 0.333. The zero-order valence-electron chi connectivity index (χ0n) is 17.4. The van der Waals surface area contributed by atoms with Crippen molar-refractivity contribution in [3.63, 3.8) is 0 Å².